The number of thioether (sulfide) groups is 1. The Morgan fingerprint density at radius 1 is 1.33 bits per heavy atom. The minimum absolute atomic E-state index is 0.134. The van der Waals surface area contributed by atoms with Crippen molar-refractivity contribution in [1.82, 2.24) is 14.8 Å². The second-order valence-corrected chi connectivity index (χ2v) is 11.2. The van der Waals surface area contributed by atoms with Crippen LogP contribution in [0.2, 0.25) is 5.02 Å². The van der Waals surface area contributed by atoms with Gasteiger partial charge in [-0.1, -0.05) is 30.3 Å². The van der Waals surface area contributed by atoms with E-state index in [-0.39, 0.29) is 18.3 Å². The summed E-state index contributed by atoms with van der Waals surface area (Å²) < 4.78 is 12.8. The van der Waals surface area contributed by atoms with Gasteiger partial charge >= 0.3 is 5.97 Å². The average Bonchev–Trinajstić information content (AvgIpc) is 3.42. The molecule has 0 bridgehead atoms. The SMILES string of the molecule is CCn1c(COc2ccc(Cl)c(C)c2)nnc1SCC(=O)Nc1sc2c(c1C(=O)OC)CCC(C)C2. The topological polar surface area (TPSA) is 95.3 Å². The van der Waals surface area contributed by atoms with E-state index in [1.807, 2.05) is 30.5 Å². The molecule has 36 heavy (non-hydrogen) atoms. The minimum Gasteiger partial charge on any atom is -0.486 e. The number of aryl methyl sites for hydroxylation is 1. The lowest BCUT2D eigenvalue weighted by Crippen LogP contribution is -2.17. The van der Waals surface area contributed by atoms with E-state index < -0.39 is 5.97 Å². The van der Waals surface area contributed by atoms with Gasteiger partial charge in [0.05, 0.1) is 18.4 Å². The molecule has 192 valence electrons. The van der Waals surface area contributed by atoms with Crippen LogP contribution < -0.4 is 10.1 Å². The van der Waals surface area contributed by atoms with Crippen molar-refractivity contribution in [2.45, 2.75) is 58.3 Å². The van der Waals surface area contributed by atoms with E-state index >= 15 is 0 Å². The van der Waals surface area contributed by atoms with Gasteiger partial charge in [0, 0.05) is 16.4 Å². The fourth-order valence-electron chi connectivity index (χ4n) is 4.15. The van der Waals surface area contributed by atoms with E-state index in [0.717, 1.165) is 35.3 Å². The van der Waals surface area contributed by atoms with Crippen LogP contribution >= 0.6 is 34.7 Å². The zero-order valence-electron chi connectivity index (χ0n) is 20.7. The first kappa shape index (κ1) is 26.5. The predicted octanol–water partition coefficient (Wildman–Crippen LogP) is 5.54. The first-order chi connectivity index (χ1) is 17.3. The molecule has 1 amide bonds. The molecular formula is C25H29ClN4O4S2. The summed E-state index contributed by atoms with van der Waals surface area (Å²) in [6.07, 6.45) is 2.75. The highest BCUT2D eigenvalue weighted by atomic mass is 35.5. The standard InChI is InChI=1S/C25H29ClN4O4S2/c1-5-30-20(12-34-16-7-9-18(26)15(3)11-16)28-29-25(30)35-13-21(31)27-23-22(24(32)33-4)17-8-6-14(2)10-19(17)36-23/h7,9,11,14H,5-6,8,10,12-13H2,1-4H3,(H,27,31). The van der Waals surface area contributed by atoms with Crippen LogP contribution in [0, 0.1) is 12.8 Å². The second kappa shape index (κ2) is 11.7. The summed E-state index contributed by atoms with van der Waals surface area (Å²) in [6, 6.07) is 5.49. The molecule has 1 atom stereocenters. The van der Waals surface area contributed by atoms with Gasteiger partial charge in [0.15, 0.2) is 11.0 Å². The molecule has 4 rings (SSSR count). The van der Waals surface area contributed by atoms with Crippen molar-refractivity contribution in [3.8, 4) is 5.75 Å². The number of ether oxygens (including phenoxy) is 2. The molecule has 11 heteroatoms. The molecule has 3 aromatic rings. The van der Waals surface area contributed by atoms with Crippen molar-refractivity contribution in [2.75, 3.05) is 18.2 Å². The molecule has 1 aliphatic rings. The largest absolute Gasteiger partial charge is 0.486 e. The van der Waals surface area contributed by atoms with Gasteiger partial charge in [-0.25, -0.2) is 4.79 Å². The normalized spacial score (nSPS) is 14.9. The maximum absolute atomic E-state index is 12.8. The molecule has 1 aromatic carbocycles. The van der Waals surface area contributed by atoms with E-state index in [9.17, 15) is 9.59 Å². The summed E-state index contributed by atoms with van der Waals surface area (Å²) in [5, 5.41) is 13.3. The number of halogens is 1. The first-order valence-corrected chi connectivity index (χ1v) is 13.9. The third kappa shape index (κ3) is 5.87. The molecular weight excluding hydrogens is 520 g/mol. The third-order valence-electron chi connectivity index (χ3n) is 6.09. The Hall–Kier alpha value is -2.56. The molecule has 0 fully saturated rings. The molecule has 2 heterocycles. The fraction of sp³-hybridized carbons (Fsp3) is 0.440. The third-order valence-corrected chi connectivity index (χ3v) is 8.65. The number of thiophene rings is 1. The number of nitrogens with one attached hydrogen (secondary N) is 1. The summed E-state index contributed by atoms with van der Waals surface area (Å²) in [6.45, 7) is 7.00. The van der Waals surface area contributed by atoms with Crippen molar-refractivity contribution in [3.05, 3.63) is 50.6 Å². The number of fused-ring (bicyclic) bond motifs is 1. The molecule has 1 N–H and O–H groups in total. The molecule has 1 unspecified atom stereocenters. The van der Waals surface area contributed by atoms with E-state index in [1.165, 1.54) is 30.2 Å². The number of carbonyl (C=O) groups is 2. The van der Waals surface area contributed by atoms with E-state index in [4.69, 9.17) is 21.1 Å². The summed E-state index contributed by atoms with van der Waals surface area (Å²) in [7, 11) is 1.37. The summed E-state index contributed by atoms with van der Waals surface area (Å²) in [4.78, 5) is 26.5. The molecule has 0 radical (unpaired) electrons. The van der Waals surface area contributed by atoms with Gasteiger partial charge < -0.3 is 19.4 Å². The number of esters is 1. The van der Waals surface area contributed by atoms with Crippen LogP contribution in [0.4, 0.5) is 5.00 Å². The number of aromatic nitrogens is 3. The Morgan fingerprint density at radius 3 is 2.86 bits per heavy atom. The fourth-order valence-corrected chi connectivity index (χ4v) is 6.51. The predicted molar refractivity (Wildman–Crippen MR) is 142 cm³/mol. The van der Waals surface area contributed by atoms with Crippen LogP contribution in [0.1, 0.15) is 52.5 Å². The monoisotopic (exact) mass is 548 g/mol. The molecule has 2 aromatic heterocycles. The summed E-state index contributed by atoms with van der Waals surface area (Å²) in [5.74, 6) is 1.44. The first-order valence-electron chi connectivity index (χ1n) is 11.8. The van der Waals surface area contributed by atoms with Crippen molar-refractivity contribution in [2.24, 2.45) is 5.92 Å². The highest BCUT2D eigenvalue weighted by Crippen LogP contribution is 2.40. The van der Waals surface area contributed by atoms with E-state index in [0.29, 0.717) is 44.8 Å². The Morgan fingerprint density at radius 2 is 2.14 bits per heavy atom. The van der Waals surface area contributed by atoms with Crippen LogP contribution in [-0.2, 0) is 35.5 Å². The number of nitrogens with zero attached hydrogens (tertiary/aromatic N) is 3. The smallest absolute Gasteiger partial charge is 0.341 e. The van der Waals surface area contributed by atoms with Crippen molar-refractivity contribution >= 4 is 51.6 Å². The Kier molecular flexibility index (Phi) is 8.58. The van der Waals surface area contributed by atoms with Crippen LogP contribution in [0.25, 0.3) is 0 Å². The maximum Gasteiger partial charge on any atom is 0.341 e. The second-order valence-electron chi connectivity index (χ2n) is 8.73. The van der Waals surface area contributed by atoms with Gasteiger partial charge in [-0.05, 0) is 68.4 Å². The van der Waals surface area contributed by atoms with Crippen molar-refractivity contribution in [3.63, 3.8) is 0 Å². The van der Waals surface area contributed by atoms with Gasteiger partial charge in [0.2, 0.25) is 5.91 Å². The number of carbonyl (C=O) groups excluding carboxylic acids is 2. The average molecular weight is 549 g/mol. The van der Waals surface area contributed by atoms with Crippen LogP contribution in [0.15, 0.2) is 23.4 Å². The molecule has 0 saturated heterocycles. The minimum atomic E-state index is -0.406. The number of hydrogen-bond donors (Lipinski definition) is 1. The lowest BCUT2D eigenvalue weighted by molar-refractivity contribution is -0.113. The summed E-state index contributed by atoms with van der Waals surface area (Å²) in [5.41, 5.74) is 2.44. The number of methoxy groups -OCH3 is 1. The van der Waals surface area contributed by atoms with E-state index in [2.05, 4.69) is 22.4 Å². The number of benzene rings is 1. The van der Waals surface area contributed by atoms with Gasteiger partial charge in [0.1, 0.15) is 17.4 Å². The Labute approximate surface area is 223 Å². The van der Waals surface area contributed by atoms with Crippen molar-refractivity contribution < 1.29 is 19.1 Å². The number of amides is 1. The molecule has 0 saturated carbocycles. The van der Waals surface area contributed by atoms with Gasteiger partial charge in [0.25, 0.3) is 0 Å². The molecule has 0 spiro atoms. The number of rotatable bonds is 9. The quantitative estimate of drug-likeness (QED) is 0.277. The van der Waals surface area contributed by atoms with Crippen LogP contribution in [0.5, 0.6) is 5.75 Å². The zero-order valence-corrected chi connectivity index (χ0v) is 23.1. The molecule has 0 aliphatic heterocycles. The number of hydrogen-bond acceptors (Lipinski definition) is 8. The van der Waals surface area contributed by atoms with Gasteiger partial charge in [-0.3, -0.25) is 4.79 Å². The Balaban J connectivity index is 1.40. The zero-order chi connectivity index (χ0) is 25.8. The lowest BCUT2D eigenvalue weighted by Gasteiger charge is -2.18. The van der Waals surface area contributed by atoms with Crippen LogP contribution in [0.3, 0.4) is 0 Å². The summed E-state index contributed by atoms with van der Waals surface area (Å²) >= 11 is 8.86. The lowest BCUT2D eigenvalue weighted by atomic mass is 9.88. The number of anilines is 1. The molecule has 1 aliphatic carbocycles. The van der Waals surface area contributed by atoms with Crippen LogP contribution in [-0.4, -0.2) is 39.5 Å². The van der Waals surface area contributed by atoms with Crippen molar-refractivity contribution in [1.29, 1.82) is 0 Å². The van der Waals surface area contributed by atoms with Gasteiger partial charge in [-0.15, -0.1) is 21.5 Å². The van der Waals surface area contributed by atoms with E-state index in [1.54, 1.807) is 6.07 Å². The molecule has 8 nitrogen and oxygen atoms in total. The highest BCUT2D eigenvalue weighted by Gasteiger charge is 2.29. The Bertz CT molecular complexity index is 1270. The van der Waals surface area contributed by atoms with Gasteiger partial charge in [-0.2, -0.15) is 0 Å². The maximum atomic E-state index is 12.8. The highest BCUT2D eigenvalue weighted by molar-refractivity contribution is 7.99.